The molecular formula is C10H11NO. The van der Waals surface area contributed by atoms with Gasteiger partial charge in [0.2, 0.25) is 5.91 Å². The lowest BCUT2D eigenvalue weighted by molar-refractivity contribution is -0.142. The summed E-state index contributed by atoms with van der Waals surface area (Å²) in [5.41, 5.74) is 0. The third kappa shape index (κ3) is 0.425. The molecule has 12 heavy (non-hydrogen) atoms. The van der Waals surface area contributed by atoms with Gasteiger partial charge in [0.15, 0.2) is 0 Å². The Morgan fingerprint density at radius 1 is 1.25 bits per heavy atom. The number of amides is 1. The minimum atomic E-state index is 0.310. The number of nitrogens with one attached hydrogen (secondary N) is 1. The van der Waals surface area contributed by atoms with Crippen LogP contribution in [0.5, 0.6) is 0 Å². The number of rotatable bonds is 0. The molecule has 1 heterocycles. The van der Waals surface area contributed by atoms with Gasteiger partial charge in [-0.05, 0) is 24.2 Å². The molecule has 1 N–H and O–H groups in total. The van der Waals surface area contributed by atoms with E-state index in [4.69, 9.17) is 0 Å². The van der Waals surface area contributed by atoms with Crippen LogP contribution in [0.25, 0.3) is 0 Å². The second kappa shape index (κ2) is 1.48. The molecule has 1 amide bonds. The monoisotopic (exact) mass is 161 g/mol. The molecule has 0 aromatic carbocycles. The van der Waals surface area contributed by atoms with Gasteiger partial charge in [-0.25, -0.2) is 0 Å². The number of hydrogen-bond donors (Lipinski definition) is 1. The van der Waals surface area contributed by atoms with E-state index in [1.807, 2.05) is 0 Å². The van der Waals surface area contributed by atoms with Gasteiger partial charge in [-0.3, -0.25) is 4.79 Å². The zero-order valence-electron chi connectivity index (χ0n) is 6.73. The molecule has 5 rings (SSSR count). The molecule has 0 aromatic rings. The first-order chi connectivity index (χ1) is 5.86. The quantitative estimate of drug-likeness (QED) is 0.408. The minimum Gasteiger partial charge on any atom is -0.352 e. The fraction of sp³-hybridized carbons (Fsp3) is 0.700. The molecule has 3 fully saturated rings. The van der Waals surface area contributed by atoms with Crippen LogP contribution < -0.4 is 5.32 Å². The van der Waals surface area contributed by atoms with Gasteiger partial charge in [0.05, 0.1) is 5.92 Å². The molecule has 4 aliphatic carbocycles. The van der Waals surface area contributed by atoms with E-state index in [9.17, 15) is 4.79 Å². The third-order valence-electron chi connectivity index (χ3n) is 4.26. The van der Waals surface area contributed by atoms with Crippen molar-refractivity contribution < 1.29 is 4.79 Å². The largest absolute Gasteiger partial charge is 0.352 e. The standard InChI is InChI=1S/C10H11NO/c12-10-8-4-1-2-5(9(8)11-10)7-3-6(4)7/h1-2,4-9H,3H2,(H,11,12). The summed E-state index contributed by atoms with van der Waals surface area (Å²) >= 11 is 0. The molecule has 0 radical (unpaired) electrons. The topological polar surface area (TPSA) is 29.1 Å². The Bertz CT molecular complexity index is 309. The summed E-state index contributed by atoms with van der Waals surface area (Å²) in [5.74, 6) is 3.80. The van der Waals surface area contributed by atoms with Crippen LogP contribution in [-0.2, 0) is 4.79 Å². The van der Waals surface area contributed by atoms with Crippen LogP contribution in [0.4, 0.5) is 0 Å². The van der Waals surface area contributed by atoms with Crippen LogP contribution in [0.1, 0.15) is 6.42 Å². The first kappa shape index (κ1) is 5.79. The Hall–Kier alpha value is -0.790. The average molecular weight is 161 g/mol. The van der Waals surface area contributed by atoms with E-state index in [0.717, 1.165) is 11.8 Å². The molecule has 2 nitrogen and oxygen atoms in total. The molecule has 5 aliphatic rings. The van der Waals surface area contributed by atoms with Gasteiger partial charge in [0.25, 0.3) is 0 Å². The van der Waals surface area contributed by atoms with E-state index < -0.39 is 0 Å². The van der Waals surface area contributed by atoms with Gasteiger partial charge in [0.1, 0.15) is 0 Å². The number of allylic oxidation sites excluding steroid dienone is 1. The smallest absolute Gasteiger partial charge is 0.226 e. The molecule has 0 spiro atoms. The zero-order chi connectivity index (χ0) is 7.87. The number of β-lactam (4-membered cyclic amide) rings is 1. The van der Waals surface area contributed by atoms with E-state index in [1.54, 1.807) is 0 Å². The number of carbonyl (C=O) groups is 1. The van der Waals surface area contributed by atoms with Gasteiger partial charge in [-0.15, -0.1) is 0 Å². The molecule has 2 saturated carbocycles. The van der Waals surface area contributed by atoms with E-state index >= 15 is 0 Å². The van der Waals surface area contributed by atoms with Crippen molar-refractivity contribution in [3.05, 3.63) is 12.2 Å². The Kier molecular flexibility index (Phi) is 0.713. The fourth-order valence-electron chi connectivity index (χ4n) is 3.60. The first-order valence-electron chi connectivity index (χ1n) is 4.85. The maximum atomic E-state index is 11.3. The van der Waals surface area contributed by atoms with Gasteiger partial charge in [-0.2, -0.15) is 0 Å². The summed E-state index contributed by atoms with van der Waals surface area (Å²) in [6.07, 6.45) is 6.03. The van der Waals surface area contributed by atoms with E-state index in [0.29, 0.717) is 29.7 Å². The Labute approximate surface area is 71.0 Å². The van der Waals surface area contributed by atoms with Crippen molar-refractivity contribution in [3.8, 4) is 0 Å². The molecule has 2 bridgehead atoms. The zero-order valence-corrected chi connectivity index (χ0v) is 6.73. The summed E-state index contributed by atoms with van der Waals surface area (Å²) < 4.78 is 0. The average Bonchev–Trinajstić information content (AvgIpc) is 2.81. The summed E-state index contributed by atoms with van der Waals surface area (Å²) in [6.45, 7) is 0. The van der Waals surface area contributed by atoms with Gasteiger partial charge < -0.3 is 5.32 Å². The molecule has 0 aromatic heterocycles. The van der Waals surface area contributed by atoms with Crippen molar-refractivity contribution in [3.63, 3.8) is 0 Å². The van der Waals surface area contributed by atoms with Crippen LogP contribution in [0.2, 0.25) is 0 Å². The van der Waals surface area contributed by atoms with E-state index in [2.05, 4.69) is 17.5 Å². The Morgan fingerprint density at radius 3 is 2.83 bits per heavy atom. The van der Waals surface area contributed by atoms with E-state index in [1.165, 1.54) is 6.42 Å². The molecule has 1 saturated heterocycles. The highest BCUT2D eigenvalue weighted by Gasteiger charge is 2.64. The lowest BCUT2D eigenvalue weighted by Gasteiger charge is -2.50. The summed E-state index contributed by atoms with van der Waals surface area (Å²) in [4.78, 5) is 11.3. The van der Waals surface area contributed by atoms with Gasteiger partial charge in [-0.1, -0.05) is 12.2 Å². The molecule has 2 heteroatoms. The predicted octanol–water partition coefficient (Wildman–Crippen LogP) is 0.553. The van der Waals surface area contributed by atoms with Crippen molar-refractivity contribution in [2.24, 2.45) is 29.6 Å². The highest BCUT2D eigenvalue weighted by Crippen LogP contribution is 2.63. The second-order valence-electron chi connectivity index (χ2n) is 4.66. The molecule has 6 unspecified atom stereocenters. The third-order valence-corrected chi connectivity index (χ3v) is 4.26. The summed E-state index contributed by atoms with van der Waals surface area (Å²) in [7, 11) is 0. The predicted molar refractivity (Wildman–Crippen MR) is 43.1 cm³/mol. The Balaban J connectivity index is 1.85. The molecule has 1 aliphatic heterocycles. The normalized spacial score (nSPS) is 63.2. The molecule has 62 valence electrons. The van der Waals surface area contributed by atoms with Crippen LogP contribution in [0, 0.1) is 29.6 Å². The lowest BCUT2D eigenvalue weighted by atomic mass is 9.62. The maximum absolute atomic E-state index is 11.3. The Morgan fingerprint density at radius 2 is 2.00 bits per heavy atom. The van der Waals surface area contributed by atoms with Gasteiger partial charge in [0, 0.05) is 12.0 Å². The summed E-state index contributed by atoms with van der Waals surface area (Å²) in [6, 6.07) is 0.524. The maximum Gasteiger partial charge on any atom is 0.226 e. The van der Waals surface area contributed by atoms with Crippen molar-refractivity contribution in [1.29, 1.82) is 0 Å². The van der Waals surface area contributed by atoms with Crippen molar-refractivity contribution in [2.75, 3.05) is 0 Å². The molecular weight excluding hydrogens is 150 g/mol. The van der Waals surface area contributed by atoms with E-state index in [-0.39, 0.29) is 0 Å². The van der Waals surface area contributed by atoms with Crippen LogP contribution in [0.15, 0.2) is 12.2 Å². The lowest BCUT2D eigenvalue weighted by Crippen LogP contribution is -2.67. The van der Waals surface area contributed by atoms with Crippen LogP contribution in [-0.4, -0.2) is 11.9 Å². The highest BCUT2D eigenvalue weighted by atomic mass is 16.2. The first-order valence-corrected chi connectivity index (χ1v) is 4.85. The van der Waals surface area contributed by atoms with Gasteiger partial charge >= 0.3 is 0 Å². The van der Waals surface area contributed by atoms with Crippen molar-refractivity contribution >= 4 is 5.91 Å². The molecule has 6 atom stereocenters. The second-order valence-corrected chi connectivity index (χ2v) is 4.66. The number of carbonyl (C=O) groups excluding carboxylic acids is 1. The highest BCUT2D eigenvalue weighted by molar-refractivity contribution is 5.87. The van der Waals surface area contributed by atoms with Crippen LogP contribution in [0.3, 0.4) is 0 Å². The van der Waals surface area contributed by atoms with Crippen molar-refractivity contribution in [2.45, 2.75) is 12.5 Å². The SMILES string of the molecule is O=C1NC2C3C=CC(C4CC34)C12. The van der Waals surface area contributed by atoms with Crippen molar-refractivity contribution in [1.82, 2.24) is 5.32 Å². The van der Waals surface area contributed by atoms with Crippen LogP contribution >= 0.6 is 0 Å². The number of hydrogen-bond acceptors (Lipinski definition) is 1. The summed E-state index contributed by atoms with van der Waals surface area (Å²) in [5, 5.41) is 3.04. The minimum absolute atomic E-state index is 0.310. The fourth-order valence-corrected chi connectivity index (χ4v) is 3.60.